The van der Waals surface area contributed by atoms with E-state index in [1.165, 1.54) is 5.56 Å². The van der Waals surface area contributed by atoms with E-state index in [0.29, 0.717) is 0 Å². The van der Waals surface area contributed by atoms with Crippen LogP contribution in [-0.2, 0) is 11.3 Å². The molecule has 1 N–H and O–H groups in total. The van der Waals surface area contributed by atoms with Gasteiger partial charge in [-0.1, -0.05) is 6.07 Å². The Morgan fingerprint density at radius 1 is 1.53 bits per heavy atom. The van der Waals surface area contributed by atoms with Gasteiger partial charge in [0.1, 0.15) is 5.82 Å². The maximum atomic E-state index is 5.03. The number of methoxy groups -OCH3 is 1. The van der Waals surface area contributed by atoms with Gasteiger partial charge in [-0.05, 0) is 13.1 Å². The summed E-state index contributed by atoms with van der Waals surface area (Å²) in [5.41, 5.74) is 1.21. The summed E-state index contributed by atoms with van der Waals surface area (Å²) >= 11 is 0. The molecule has 0 saturated carbocycles. The Labute approximate surface area is 91.3 Å². The van der Waals surface area contributed by atoms with E-state index in [4.69, 9.17) is 4.74 Å². The Morgan fingerprint density at radius 3 is 3.00 bits per heavy atom. The third kappa shape index (κ3) is 3.85. The van der Waals surface area contributed by atoms with Crippen molar-refractivity contribution in [1.82, 2.24) is 9.88 Å². The molecule has 0 aliphatic heterocycles. The van der Waals surface area contributed by atoms with Crippen LogP contribution in [0.4, 0.5) is 5.82 Å². The largest absolute Gasteiger partial charge is 0.383 e. The molecule has 84 valence electrons. The summed E-state index contributed by atoms with van der Waals surface area (Å²) in [7, 11) is 5.68. The number of anilines is 1. The fraction of sp³-hybridized carbons (Fsp3) is 0.545. The lowest BCUT2D eigenvalue weighted by Crippen LogP contribution is -2.22. The van der Waals surface area contributed by atoms with Crippen molar-refractivity contribution in [3.8, 4) is 0 Å². The van der Waals surface area contributed by atoms with Crippen molar-refractivity contribution in [3.63, 3.8) is 0 Å². The van der Waals surface area contributed by atoms with E-state index < -0.39 is 0 Å². The van der Waals surface area contributed by atoms with Crippen LogP contribution in [0.25, 0.3) is 0 Å². The van der Waals surface area contributed by atoms with Crippen LogP contribution in [0, 0.1) is 0 Å². The first-order valence-corrected chi connectivity index (χ1v) is 5.07. The zero-order chi connectivity index (χ0) is 11.1. The summed E-state index contributed by atoms with van der Waals surface area (Å²) in [6, 6.07) is 4.04. The summed E-state index contributed by atoms with van der Waals surface area (Å²) in [6.07, 6.45) is 1.80. The molecule has 0 aliphatic rings. The molecule has 0 aromatic carbocycles. The number of ether oxygens (including phenoxy) is 1. The van der Waals surface area contributed by atoms with Crippen molar-refractivity contribution in [1.29, 1.82) is 0 Å². The highest BCUT2D eigenvalue weighted by molar-refractivity contribution is 5.42. The van der Waals surface area contributed by atoms with Gasteiger partial charge in [-0.25, -0.2) is 4.98 Å². The van der Waals surface area contributed by atoms with Gasteiger partial charge in [-0.15, -0.1) is 0 Å². The van der Waals surface area contributed by atoms with Crippen LogP contribution < -0.4 is 5.32 Å². The quantitative estimate of drug-likeness (QED) is 0.764. The van der Waals surface area contributed by atoms with Gasteiger partial charge in [-0.3, -0.25) is 4.90 Å². The second-order valence-electron chi connectivity index (χ2n) is 3.49. The summed E-state index contributed by atoms with van der Waals surface area (Å²) < 4.78 is 5.03. The summed E-state index contributed by atoms with van der Waals surface area (Å²) in [6.45, 7) is 2.56. The Kier molecular flexibility index (Phi) is 5.07. The SMILES string of the molecule is CNc1ncccc1CN(C)CCOC. The van der Waals surface area contributed by atoms with Gasteiger partial charge in [0.05, 0.1) is 6.61 Å². The van der Waals surface area contributed by atoms with Crippen LogP contribution in [-0.4, -0.2) is 44.2 Å². The molecular weight excluding hydrogens is 190 g/mol. The van der Waals surface area contributed by atoms with Crippen molar-refractivity contribution >= 4 is 5.82 Å². The highest BCUT2D eigenvalue weighted by Gasteiger charge is 2.04. The highest BCUT2D eigenvalue weighted by atomic mass is 16.5. The Morgan fingerprint density at radius 2 is 2.33 bits per heavy atom. The van der Waals surface area contributed by atoms with E-state index in [2.05, 4.69) is 28.3 Å². The van der Waals surface area contributed by atoms with E-state index in [0.717, 1.165) is 25.5 Å². The molecule has 0 bridgehead atoms. The third-order valence-corrected chi connectivity index (χ3v) is 2.25. The Bertz CT molecular complexity index is 291. The first-order chi connectivity index (χ1) is 7.27. The van der Waals surface area contributed by atoms with E-state index in [-0.39, 0.29) is 0 Å². The number of likely N-dealkylation sites (N-methyl/N-ethyl adjacent to an activating group) is 1. The molecule has 0 atom stereocenters. The molecule has 1 rings (SSSR count). The van der Waals surface area contributed by atoms with Crippen molar-refractivity contribution in [3.05, 3.63) is 23.9 Å². The standard InChI is InChI=1S/C11H19N3O/c1-12-11-10(5-4-6-13-11)9-14(2)7-8-15-3/h4-6H,7-9H2,1-3H3,(H,12,13). The van der Waals surface area contributed by atoms with Gasteiger partial charge in [0, 0.05) is 39.0 Å². The van der Waals surface area contributed by atoms with Crippen LogP contribution in [0.1, 0.15) is 5.56 Å². The molecule has 1 aromatic rings. The minimum Gasteiger partial charge on any atom is -0.383 e. The van der Waals surface area contributed by atoms with E-state index in [1.807, 2.05) is 13.1 Å². The first kappa shape index (κ1) is 11.9. The van der Waals surface area contributed by atoms with Crippen LogP contribution in [0.2, 0.25) is 0 Å². The van der Waals surface area contributed by atoms with Crippen molar-refractivity contribution in [2.75, 3.05) is 39.7 Å². The average molecular weight is 209 g/mol. The van der Waals surface area contributed by atoms with E-state index >= 15 is 0 Å². The van der Waals surface area contributed by atoms with Crippen LogP contribution >= 0.6 is 0 Å². The minimum absolute atomic E-state index is 0.756. The maximum absolute atomic E-state index is 5.03. The lowest BCUT2D eigenvalue weighted by atomic mass is 10.2. The monoisotopic (exact) mass is 209 g/mol. The highest BCUT2D eigenvalue weighted by Crippen LogP contribution is 2.12. The number of nitrogens with zero attached hydrogens (tertiary/aromatic N) is 2. The van der Waals surface area contributed by atoms with Crippen molar-refractivity contribution < 1.29 is 4.74 Å². The van der Waals surface area contributed by atoms with Gasteiger partial charge >= 0.3 is 0 Å². The van der Waals surface area contributed by atoms with Gasteiger partial charge in [0.15, 0.2) is 0 Å². The zero-order valence-corrected chi connectivity index (χ0v) is 9.66. The number of pyridine rings is 1. The molecule has 0 spiro atoms. The molecular formula is C11H19N3O. The summed E-state index contributed by atoms with van der Waals surface area (Å²) in [4.78, 5) is 6.47. The molecule has 4 heteroatoms. The second kappa shape index (κ2) is 6.37. The maximum Gasteiger partial charge on any atom is 0.130 e. The Balaban J connectivity index is 2.55. The number of rotatable bonds is 6. The normalized spacial score (nSPS) is 10.7. The predicted molar refractivity (Wildman–Crippen MR) is 62.0 cm³/mol. The molecule has 0 amide bonds. The topological polar surface area (TPSA) is 37.4 Å². The van der Waals surface area contributed by atoms with E-state index in [9.17, 15) is 0 Å². The minimum atomic E-state index is 0.756. The Hall–Kier alpha value is -1.13. The molecule has 1 heterocycles. The number of hydrogen-bond donors (Lipinski definition) is 1. The lowest BCUT2D eigenvalue weighted by Gasteiger charge is -2.17. The van der Waals surface area contributed by atoms with Crippen molar-refractivity contribution in [2.45, 2.75) is 6.54 Å². The molecule has 1 aromatic heterocycles. The molecule has 0 unspecified atom stereocenters. The van der Waals surface area contributed by atoms with E-state index in [1.54, 1.807) is 13.3 Å². The van der Waals surface area contributed by atoms with Gasteiger partial charge in [0.25, 0.3) is 0 Å². The summed E-state index contributed by atoms with van der Waals surface area (Å²) in [5, 5.41) is 3.09. The number of hydrogen-bond acceptors (Lipinski definition) is 4. The smallest absolute Gasteiger partial charge is 0.130 e. The molecule has 0 radical (unpaired) electrons. The lowest BCUT2D eigenvalue weighted by molar-refractivity contribution is 0.158. The van der Waals surface area contributed by atoms with Crippen LogP contribution in [0.3, 0.4) is 0 Å². The molecule has 4 nitrogen and oxygen atoms in total. The predicted octanol–water partition coefficient (Wildman–Crippen LogP) is 1.20. The molecule has 15 heavy (non-hydrogen) atoms. The second-order valence-corrected chi connectivity index (χ2v) is 3.49. The third-order valence-electron chi connectivity index (χ3n) is 2.25. The molecule has 0 saturated heterocycles. The molecule has 0 fully saturated rings. The van der Waals surface area contributed by atoms with Crippen molar-refractivity contribution in [2.24, 2.45) is 0 Å². The van der Waals surface area contributed by atoms with Crippen LogP contribution in [0.5, 0.6) is 0 Å². The van der Waals surface area contributed by atoms with Gasteiger partial charge < -0.3 is 10.1 Å². The molecule has 0 aliphatic carbocycles. The average Bonchev–Trinajstić information content (AvgIpc) is 2.27. The fourth-order valence-corrected chi connectivity index (χ4v) is 1.41. The van der Waals surface area contributed by atoms with Gasteiger partial charge in [0.2, 0.25) is 0 Å². The number of aromatic nitrogens is 1. The fourth-order valence-electron chi connectivity index (χ4n) is 1.41. The van der Waals surface area contributed by atoms with Crippen LogP contribution in [0.15, 0.2) is 18.3 Å². The zero-order valence-electron chi connectivity index (χ0n) is 9.66. The first-order valence-electron chi connectivity index (χ1n) is 5.07. The number of nitrogens with one attached hydrogen (secondary N) is 1. The van der Waals surface area contributed by atoms with Gasteiger partial charge in [-0.2, -0.15) is 0 Å². The summed E-state index contributed by atoms with van der Waals surface area (Å²) in [5.74, 6) is 0.946.